The lowest BCUT2D eigenvalue weighted by atomic mass is 10.1. The summed E-state index contributed by atoms with van der Waals surface area (Å²) in [5.74, 6) is -0.647. The zero-order valence-corrected chi connectivity index (χ0v) is 15.8. The molecule has 2 aromatic carbocycles. The van der Waals surface area contributed by atoms with Crippen molar-refractivity contribution in [3.05, 3.63) is 65.6 Å². The molecule has 2 aliphatic heterocycles. The summed E-state index contributed by atoms with van der Waals surface area (Å²) in [5.41, 5.74) is 2.01. The number of fused-ring (bicyclic) bond motifs is 1. The maximum Gasteiger partial charge on any atom is 0.338 e. The van der Waals surface area contributed by atoms with Crippen LogP contribution in [0.2, 0.25) is 0 Å². The Morgan fingerprint density at radius 1 is 0.964 bits per heavy atom. The Morgan fingerprint density at radius 3 is 2.36 bits per heavy atom. The van der Waals surface area contributed by atoms with Crippen molar-refractivity contribution in [1.29, 1.82) is 0 Å². The normalized spacial score (nSPS) is 19.2. The van der Waals surface area contributed by atoms with Gasteiger partial charge in [0.05, 0.1) is 11.4 Å². The van der Waals surface area contributed by atoms with Gasteiger partial charge < -0.3 is 9.64 Å². The van der Waals surface area contributed by atoms with Crippen molar-refractivity contribution in [3.8, 4) is 5.75 Å². The second kappa shape index (κ2) is 6.53. The molecule has 28 heavy (non-hydrogen) atoms. The molecule has 1 fully saturated rings. The van der Waals surface area contributed by atoms with E-state index in [0.717, 1.165) is 21.1 Å². The SMILES string of the molecule is CCN1/C(=C2/C(=O)N(C)C(=O)N(c3ccccc3)C2=O)Oc2cc(C)ccc21. The van der Waals surface area contributed by atoms with Gasteiger partial charge in [0.25, 0.3) is 11.8 Å². The minimum Gasteiger partial charge on any atom is -0.438 e. The number of imide groups is 2. The Kier molecular flexibility index (Phi) is 4.15. The van der Waals surface area contributed by atoms with E-state index in [1.807, 2.05) is 32.0 Å². The third-order valence-electron chi connectivity index (χ3n) is 4.82. The van der Waals surface area contributed by atoms with Gasteiger partial charge in [-0.05, 0) is 43.7 Å². The number of para-hydroxylation sites is 1. The maximum atomic E-state index is 13.3. The number of hydrogen-bond acceptors (Lipinski definition) is 5. The molecular formula is C21H19N3O4. The average Bonchev–Trinajstić information content (AvgIpc) is 3.04. The van der Waals surface area contributed by atoms with Gasteiger partial charge in [-0.15, -0.1) is 0 Å². The summed E-state index contributed by atoms with van der Waals surface area (Å²) in [6.45, 7) is 4.34. The van der Waals surface area contributed by atoms with E-state index in [9.17, 15) is 14.4 Å². The molecule has 7 heteroatoms. The molecule has 4 rings (SSSR count). The molecule has 2 heterocycles. The summed E-state index contributed by atoms with van der Waals surface area (Å²) in [6, 6.07) is 13.5. The maximum absolute atomic E-state index is 13.3. The van der Waals surface area contributed by atoms with Gasteiger partial charge in [-0.2, -0.15) is 0 Å². The average molecular weight is 377 g/mol. The molecule has 0 saturated carbocycles. The summed E-state index contributed by atoms with van der Waals surface area (Å²) < 4.78 is 5.94. The zero-order valence-electron chi connectivity index (χ0n) is 15.8. The number of benzene rings is 2. The van der Waals surface area contributed by atoms with Gasteiger partial charge in [-0.3, -0.25) is 14.5 Å². The van der Waals surface area contributed by atoms with E-state index in [0.29, 0.717) is 18.0 Å². The van der Waals surface area contributed by atoms with Crippen LogP contribution in [0.25, 0.3) is 0 Å². The molecule has 2 aliphatic rings. The number of carbonyl (C=O) groups is 3. The number of nitrogens with zero attached hydrogens (tertiary/aromatic N) is 3. The summed E-state index contributed by atoms with van der Waals surface area (Å²) in [7, 11) is 1.36. The Balaban J connectivity index is 1.87. The van der Waals surface area contributed by atoms with Crippen molar-refractivity contribution in [1.82, 2.24) is 4.90 Å². The quantitative estimate of drug-likeness (QED) is 0.594. The molecule has 7 nitrogen and oxygen atoms in total. The van der Waals surface area contributed by atoms with E-state index >= 15 is 0 Å². The first-order chi connectivity index (χ1) is 13.4. The van der Waals surface area contributed by atoms with Crippen LogP contribution in [0.1, 0.15) is 12.5 Å². The molecule has 0 N–H and O–H groups in total. The van der Waals surface area contributed by atoms with Gasteiger partial charge in [0.15, 0.2) is 11.3 Å². The number of amides is 4. The van der Waals surface area contributed by atoms with Crippen LogP contribution >= 0.6 is 0 Å². The Morgan fingerprint density at radius 2 is 1.68 bits per heavy atom. The van der Waals surface area contributed by atoms with Crippen molar-refractivity contribution < 1.29 is 19.1 Å². The number of rotatable bonds is 2. The van der Waals surface area contributed by atoms with Gasteiger partial charge in [0, 0.05) is 13.6 Å². The highest BCUT2D eigenvalue weighted by Gasteiger charge is 2.46. The van der Waals surface area contributed by atoms with Gasteiger partial charge >= 0.3 is 6.03 Å². The van der Waals surface area contributed by atoms with Crippen molar-refractivity contribution in [2.75, 3.05) is 23.4 Å². The molecule has 0 aliphatic carbocycles. The Labute approximate surface area is 162 Å². The number of hydrogen-bond donors (Lipinski definition) is 0. The first-order valence-electron chi connectivity index (χ1n) is 8.96. The lowest BCUT2D eigenvalue weighted by molar-refractivity contribution is -0.128. The molecule has 0 bridgehead atoms. The molecule has 0 radical (unpaired) electrons. The van der Waals surface area contributed by atoms with Crippen molar-refractivity contribution in [3.63, 3.8) is 0 Å². The molecule has 2 aromatic rings. The smallest absolute Gasteiger partial charge is 0.338 e. The largest absolute Gasteiger partial charge is 0.438 e. The number of ether oxygens (including phenoxy) is 1. The first-order valence-corrected chi connectivity index (χ1v) is 8.96. The topological polar surface area (TPSA) is 70.2 Å². The first kappa shape index (κ1) is 17.8. The third-order valence-corrected chi connectivity index (χ3v) is 4.82. The number of anilines is 2. The molecule has 0 aromatic heterocycles. The van der Waals surface area contributed by atoms with Crippen LogP contribution in [0, 0.1) is 6.92 Å². The molecule has 1 saturated heterocycles. The van der Waals surface area contributed by atoms with Gasteiger partial charge in [-0.1, -0.05) is 24.3 Å². The Hall–Kier alpha value is -3.61. The van der Waals surface area contributed by atoms with E-state index < -0.39 is 17.8 Å². The zero-order chi connectivity index (χ0) is 20.0. The molecule has 0 atom stereocenters. The van der Waals surface area contributed by atoms with Gasteiger partial charge in [0.1, 0.15) is 0 Å². The van der Waals surface area contributed by atoms with Crippen LogP contribution < -0.4 is 14.5 Å². The van der Waals surface area contributed by atoms with Crippen LogP contribution in [0.15, 0.2) is 60.0 Å². The number of likely N-dealkylation sites (N-methyl/N-ethyl adjacent to an activating group) is 1. The Bertz CT molecular complexity index is 1030. The van der Waals surface area contributed by atoms with E-state index in [1.54, 1.807) is 35.2 Å². The second-order valence-corrected chi connectivity index (χ2v) is 6.62. The number of urea groups is 1. The molecule has 4 amide bonds. The number of carbonyl (C=O) groups excluding carboxylic acids is 3. The summed E-state index contributed by atoms with van der Waals surface area (Å²) in [6.07, 6.45) is 0. The van der Waals surface area contributed by atoms with E-state index in [1.165, 1.54) is 7.05 Å². The fourth-order valence-electron chi connectivity index (χ4n) is 3.38. The molecule has 0 spiro atoms. The standard InChI is InChI=1S/C21H19N3O4/c1-4-23-15-11-10-13(2)12-16(15)28-20(23)17-18(25)22(3)21(27)24(19(17)26)14-8-6-5-7-9-14/h5-12H,4H2,1-3H3/b20-17+. The fourth-order valence-corrected chi connectivity index (χ4v) is 3.38. The fraction of sp³-hybridized carbons (Fsp3) is 0.190. The van der Waals surface area contributed by atoms with Gasteiger partial charge in [-0.25, -0.2) is 9.69 Å². The highest BCUT2D eigenvalue weighted by molar-refractivity contribution is 6.37. The van der Waals surface area contributed by atoms with E-state index in [-0.39, 0.29) is 11.5 Å². The highest BCUT2D eigenvalue weighted by atomic mass is 16.5. The molecule has 0 unspecified atom stereocenters. The third kappa shape index (κ3) is 2.55. The monoisotopic (exact) mass is 377 g/mol. The van der Waals surface area contributed by atoms with Crippen LogP contribution in [-0.4, -0.2) is 36.3 Å². The van der Waals surface area contributed by atoms with Gasteiger partial charge in [0.2, 0.25) is 5.88 Å². The van der Waals surface area contributed by atoms with Crippen molar-refractivity contribution in [2.45, 2.75) is 13.8 Å². The lowest BCUT2D eigenvalue weighted by Gasteiger charge is -2.32. The summed E-state index contributed by atoms with van der Waals surface area (Å²) in [5, 5.41) is 0. The minimum atomic E-state index is -0.697. The number of barbiturate groups is 1. The van der Waals surface area contributed by atoms with Crippen molar-refractivity contribution >= 4 is 29.2 Å². The van der Waals surface area contributed by atoms with E-state index in [4.69, 9.17) is 4.74 Å². The van der Waals surface area contributed by atoms with Crippen molar-refractivity contribution in [2.24, 2.45) is 0 Å². The van der Waals surface area contributed by atoms with Crippen LogP contribution in [0.5, 0.6) is 5.75 Å². The predicted octanol–water partition coefficient (Wildman–Crippen LogP) is 3.05. The van der Waals surface area contributed by atoms with E-state index in [2.05, 4.69) is 0 Å². The molecular weight excluding hydrogens is 358 g/mol. The highest BCUT2D eigenvalue weighted by Crippen LogP contribution is 2.41. The molecule has 142 valence electrons. The minimum absolute atomic E-state index is 0.151. The van der Waals surface area contributed by atoms with Crippen LogP contribution in [-0.2, 0) is 9.59 Å². The second-order valence-electron chi connectivity index (χ2n) is 6.62. The predicted molar refractivity (Wildman–Crippen MR) is 104 cm³/mol. The lowest BCUT2D eigenvalue weighted by Crippen LogP contribution is -2.56. The number of aryl methyl sites for hydroxylation is 1. The summed E-state index contributed by atoms with van der Waals surface area (Å²) >= 11 is 0. The van der Waals surface area contributed by atoms with Crippen LogP contribution in [0.4, 0.5) is 16.2 Å². The summed E-state index contributed by atoms with van der Waals surface area (Å²) in [4.78, 5) is 42.5. The van der Waals surface area contributed by atoms with Crippen LogP contribution in [0.3, 0.4) is 0 Å².